The number of aromatic nitrogens is 5. The first-order valence-electron chi connectivity index (χ1n) is 11.1. The number of fused-ring (bicyclic) bond motifs is 1. The second kappa shape index (κ2) is 9.13. The Balaban J connectivity index is 1.67. The summed E-state index contributed by atoms with van der Waals surface area (Å²) in [7, 11) is 3.17. The molecule has 0 amide bonds. The van der Waals surface area contributed by atoms with Gasteiger partial charge in [-0.1, -0.05) is 25.1 Å². The lowest BCUT2D eigenvalue weighted by atomic mass is 9.95. The number of imidazole rings is 1. The topological polar surface area (TPSA) is 75.0 Å². The Kier molecular flexibility index (Phi) is 5.86. The molecule has 5 aromatic rings. The van der Waals surface area contributed by atoms with Gasteiger partial charge in [-0.05, 0) is 42.8 Å². The molecule has 3 heterocycles. The molecule has 0 N–H and O–H groups in total. The van der Waals surface area contributed by atoms with Crippen molar-refractivity contribution in [1.29, 1.82) is 0 Å². The quantitative estimate of drug-likeness (QED) is 0.327. The monoisotopic (exact) mass is 469 g/mol. The van der Waals surface area contributed by atoms with E-state index in [4.69, 9.17) is 9.47 Å². The number of nitrogens with zero attached hydrogens (tertiary/aromatic N) is 5. The zero-order valence-corrected chi connectivity index (χ0v) is 19.9. The van der Waals surface area contributed by atoms with Crippen molar-refractivity contribution in [3.63, 3.8) is 0 Å². The SMILES string of the molecule is COc1nc(-c2ccc(-n3cnc(C)c3)c(OC)c2)c2ccnc(C(C)c3ccc(F)cc3)c2n1. The molecule has 2 aromatic carbocycles. The fourth-order valence-corrected chi connectivity index (χ4v) is 4.18. The van der Waals surface area contributed by atoms with E-state index < -0.39 is 0 Å². The standard InChI is InChI=1S/C27H24FN5O2/c1-16-14-33(15-30-16)22-10-7-19(13-23(22)34-3)25-21-11-12-29-24(26(21)32-27(31-25)35-4)17(2)18-5-8-20(28)9-6-18/h5-15,17H,1-4H3. The zero-order chi connectivity index (χ0) is 24.5. The number of hydrogen-bond donors (Lipinski definition) is 0. The van der Waals surface area contributed by atoms with Crippen molar-refractivity contribution in [1.82, 2.24) is 24.5 Å². The Morgan fingerprint density at radius 2 is 1.74 bits per heavy atom. The summed E-state index contributed by atoms with van der Waals surface area (Å²) in [4.78, 5) is 18.3. The highest BCUT2D eigenvalue weighted by atomic mass is 19.1. The minimum atomic E-state index is -0.277. The maximum Gasteiger partial charge on any atom is 0.317 e. The minimum Gasteiger partial charge on any atom is -0.495 e. The lowest BCUT2D eigenvalue weighted by molar-refractivity contribution is 0.382. The molecule has 35 heavy (non-hydrogen) atoms. The van der Waals surface area contributed by atoms with Crippen molar-refractivity contribution < 1.29 is 13.9 Å². The molecule has 0 aliphatic heterocycles. The highest BCUT2D eigenvalue weighted by Gasteiger charge is 2.20. The van der Waals surface area contributed by atoms with Crippen LogP contribution in [-0.4, -0.2) is 38.7 Å². The van der Waals surface area contributed by atoms with Crippen molar-refractivity contribution in [2.75, 3.05) is 14.2 Å². The smallest absolute Gasteiger partial charge is 0.317 e. The normalized spacial score (nSPS) is 12.0. The third kappa shape index (κ3) is 4.19. The van der Waals surface area contributed by atoms with Crippen LogP contribution in [0.25, 0.3) is 27.8 Å². The van der Waals surface area contributed by atoms with Crippen LogP contribution < -0.4 is 9.47 Å². The van der Waals surface area contributed by atoms with Crippen LogP contribution in [0, 0.1) is 12.7 Å². The van der Waals surface area contributed by atoms with Crippen LogP contribution in [0.3, 0.4) is 0 Å². The van der Waals surface area contributed by atoms with Gasteiger partial charge in [0.15, 0.2) is 0 Å². The Morgan fingerprint density at radius 1 is 0.943 bits per heavy atom. The van der Waals surface area contributed by atoms with Gasteiger partial charge >= 0.3 is 6.01 Å². The maximum absolute atomic E-state index is 13.5. The minimum absolute atomic E-state index is 0.117. The van der Waals surface area contributed by atoms with E-state index >= 15 is 0 Å². The molecule has 0 fully saturated rings. The third-order valence-electron chi connectivity index (χ3n) is 6.03. The molecule has 0 saturated carbocycles. The number of methoxy groups -OCH3 is 2. The molecule has 0 radical (unpaired) electrons. The van der Waals surface area contributed by atoms with Crippen LogP contribution in [0.5, 0.6) is 11.8 Å². The Labute approximate surface area is 202 Å². The molecular weight excluding hydrogens is 445 g/mol. The largest absolute Gasteiger partial charge is 0.495 e. The number of aryl methyl sites for hydroxylation is 1. The summed E-state index contributed by atoms with van der Waals surface area (Å²) in [6.45, 7) is 3.96. The van der Waals surface area contributed by atoms with E-state index in [0.717, 1.165) is 33.6 Å². The van der Waals surface area contributed by atoms with Crippen LogP contribution in [0.4, 0.5) is 4.39 Å². The molecule has 0 saturated heterocycles. The van der Waals surface area contributed by atoms with Gasteiger partial charge in [0, 0.05) is 29.3 Å². The van der Waals surface area contributed by atoms with Crippen LogP contribution >= 0.6 is 0 Å². The zero-order valence-electron chi connectivity index (χ0n) is 19.9. The summed E-state index contributed by atoms with van der Waals surface area (Å²) in [6.07, 6.45) is 5.44. The summed E-state index contributed by atoms with van der Waals surface area (Å²) in [5, 5.41) is 0.832. The van der Waals surface area contributed by atoms with Gasteiger partial charge in [0.2, 0.25) is 0 Å². The summed E-state index contributed by atoms with van der Waals surface area (Å²) in [5.41, 5.74) is 5.71. The van der Waals surface area contributed by atoms with Crippen LogP contribution in [-0.2, 0) is 0 Å². The number of halogens is 1. The highest BCUT2D eigenvalue weighted by molar-refractivity contribution is 5.94. The van der Waals surface area contributed by atoms with Gasteiger partial charge in [-0.25, -0.2) is 9.37 Å². The first kappa shape index (κ1) is 22.5. The number of hydrogen-bond acceptors (Lipinski definition) is 6. The molecule has 3 aromatic heterocycles. The molecular formula is C27H24FN5O2. The van der Waals surface area contributed by atoms with Gasteiger partial charge in [-0.2, -0.15) is 9.97 Å². The lowest BCUT2D eigenvalue weighted by Crippen LogP contribution is -2.05. The Hall–Kier alpha value is -4.33. The van der Waals surface area contributed by atoms with Crippen LogP contribution in [0.15, 0.2) is 67.3 Å². The molecule has 0 aliphatic carbocycles. The molecule has 8 heteroatoms. The van der Waals surface area contributed by atoms with Gasteiger partial charge in [-0.15, -0.1) is 0 Å². The first-order chi connectivity index (χ1) is 17.0. The Bertz CT molecular complexity index is 1510. The predicted octanol–water partition coefficient (Wildman–Crippen LogP) is 5.49. The van der Waals surface area contributed by atoms with E-state index in [-0.39, 0.29) is 17.7 Å². The summed E-state index contributed by atoms with van der Waals surface area (Å²) in [5.74, 6) is 0.286. The molecule has 5 rings (SSSR count). The molecule has 0 spiro atoms. The van der Waals surface area contributed by atoms with Gasteiger partial charge in [0.05, 0.1) is 43.3 Å². The first-order valence-corrected chi connectivity index (χ1v) is 11.1. The average molecular weight is 470 g/mol. The van der Waals surface area contributed by atoms with E-state index in [1.807, 2.05) is 48.9 Å². The van der Waals surface area contributed by atoms with Crippen molar-refractivity contribution in [2.24, 2.45) is 0 Å². The van der Waals surface area contributed by atoms with E-state index in [1.165, 1.54) is 19.2 Å². The fourth-order valence-electron chi connectivity index (χ4n) is 4.18. The summed E-state index contributed by atoms with van der Waals surface area (Å²) in [6, 6.07) is 14.5. The second-order valence-electron chi connectivity index (χ2n) is 8.23. The summed E-state index contributed by atoms with van der Waals surface area (Å²) >= 11 is 0. The van der Waals surface area contributed by atoms with Crippen LogP contribution in [0.2, 0.25) is 0 Å². The third-order valence-corrected chi connectivity index (χ3v) is 6.03. The molecule has 1 atom stereocenters. The summed E-state index contributed by atoms with van der Waals surface area (Å²) < 4.78 is 26.5. The molecule has 7 nitrogen and oxygen atoms in total. The highest BCUT2D eigenvalue weighted by Crippen LogP contribution is 2.36. The number of pyridine rings is 1. The fraction of sp³-hybridized carbons (Fsp3) is 0.185. The van der Waals surface area contributed by atoms with Crippen LogP contribution in [0.1, 0.15) is 29.8 Å². The van der Waals surface area contributed by atoms with Gasteiger partial charge in [0.1, 0.15) is 17.1 Å². The van der Waals surface area contributed by atoms with E-state index in [9.17, 15) is 4.39 Å². The number of rotatable bonds is 6. The molecule has 176 valence electrons. The molecule has 0 aliphatic rings. The van der Waals surface area contributed by atoms with Crippen molar-refractivity contribution in [3.8, 4) is 28.7 Å². The number of ether oxygens (including phenoxy) is 2. The van der Waals surface area contributed by atoms with Crippen molar-refractivity contribution >= 4 is 10.9 Å². The van der Waals surface area contributed by atoms with Crippen molar-refractivity contribution in [2.45, 2.75) is 19.8 Å². The van der Waals surface area contributed by atoms with E-state index in [2.05, 4.69) is 19.9 Å². The second-order valence-corrected chi connectivity index (χ2v) is 8.23. The molecule has 1 unspecified atom stereocenters. The van der Waals surface area contributed by atoms with Gasteiger partial charge in [0.25, 0.3) is 0 Å². The number of benzene rings is 2. The predicted molar refractivity (Wildman–Crippen MR) is 132 cm³/mol. The van der Waals surface area contributed by atoms with Crippen molar-refractivity contribution in [3.05, 3.63) is 90.0 Å². The Morgan fingerprint density at radius 3 is 2.43 bits per heavy atom. The lowest BCUT2D eigenvalue weighted by Gasteiger charge is -2.16. The van der Waals surface area contributed by atoms with Gasteiger partial charge < -0.3 is 14.0 Å². The van der Waals surface area contributed by atoms with E-state index in [0.29, 0.717) is 17.0 Å². The van der Waals surface area contributed by atoms with E-state index in [1.54, 1.807) is 31.8 Å². The molecule has 0 bridgehead atoms. The van der Waals surface area contributed by atoms with Gasteiger partial charge in [-0.3, -0.25) is 4.98 Å². The average Bonchev–Trinajstić information content (AvgIpc) is 3.33. The maximum atomic E-state index is 13.5.